The Morgan fingerprint density at radius 3 is 2.95 bits per heavy atom. The van der Waals surface area contributed by atoms with Crippen molar-refractivity contribution in [3.05, 3.63) is 30.1 Å². The number of hydrogen-bond donors (Lipinski definition) is 1. The van der Waals surface area contributed by atoms with Gasteiger partial charge in [-0.3, -0.25) is 4.98 Å². The third-order valence-corrected chi connectivity index (χ3v) is 4.42. The maximum absolute atomic E-state index is 4.06. The van der Waals surface area contributed by atoms with Crippen LogP contribution in [0.1, 0.15) is 38.7 Å². The van der Waals surface area contributed by atoms with E-state index in [9.17, 15) is 0 Å². The second-order valence-corrected chi connectivity index (χ2v) is 6.05. The summed E-state index contributed by atoms with van der Waals surface area (Å²) in [6.07, 6.45) is 8.87. The molecule has 0 saturated carbocycles. The lowest BCUT2D eigenvalue weighted by atomic mass is 9.91. The number of nitrogens with one attached hydrogen (secondary N) is 1. The predicted octanol–water partition coefficient (Wildman–Crippen LogP) is 2.72. The van der Waals surface area contributed by atoms with Crippen LogP contribution in [0.15, 0.2) is 24.5 Å². The highest BCUT2D eigenvalue weighted by atomic mass is 15.1. The molecule has 0 aromatic carbocycles. The molecular formula is C17H29N3. The molecule has 0 amide bonds. The number of piperidine rings is 1. The molecule has 1 saturated heterocycles. The fourth-order valence-corrected chi connectivity index (χ4v) is 3.18. The molecule has 1 aliphatic heterocycles. The van der Waals surface area contributed by atoms with E-state index in [1.807, 2.05) is 12.4 Å². The van der Waals surface area contributed by atoms with E-state index < -0.39 is 0 Å². The molecule has 2 rings (SSSR count). The van der Waals surface area contributed by atoms with E-state index in [2.05, 4.69) is 41.2 Å². The summed E-state index contributed by atoms with van der Waals surface area (Å²) < 4.78 is 0. The van der Waals surface area contributed by atoms with Crippen LogP contribution in [-0.4, -0.2) is 42.1 Å². The van der Waals surface area contributed by atoms with Crippen molar-refractivity contribution in [2.24, 2.45) is 5.92 Å². The molecule has 0 radical (unpaired) electrons. The Balaban J connectivity index is 1.70. The molecule has 2 atom stereocenters. The maximum Gasteiger partial charge on any atom is 0.0270 e. The van der Waals surface area contributed by atoms with Crippen LogP contribution >= 0.6 is 0 Å². The van der Waals surface area contributed by atoms with Crippen LogP contribution in [0.5, 0.6) is 0 Å². The van der Waals surface area contributed by atoms with Crippen molar-refractivity contribution in [3.63, 3.8) is 0 Å². The molecule has 0 bridgehead atoms. The van der Waals surface area contributed by atoms with Crippen LogP contribution in [0.4, 0.5) is 0 Å². The Labute approximate surface area is 123 Å². The number of pyridine rings is 1. The summed E-state index contributed by atoms with van der Waals surface area (Å²) in [6, 6.07) is 4.84. The summed E-state index contributed by atoms with van der Waals surface area (Å²) in [5, 5.41) is 3.72. The first-order valence-electron chi connectivity index (χ1n) is 8.14. The summed E-state index contributed by atoms with van der Waals surface area (Å²) >= 11 is 0. The van der Waals surface area contributed by atoms with E-state index >= 15 is 0 Å². The molecule has 3 heteroatoms. The first-order chi connectivity index (χ1) is 9.79. The lowest BCUT2D eigenvalue weighted by Gasteiger charge is -2.36. The molecule has 1 aromatic rings. The van der Waals surface area contributed by atoms with Crippen molar-refractivity contribution >= 4 is 0 Å². The van der Waals surface area contributed by atoms with Gasteiger partial charge >= 0.3 is 0 Å². The van der Waals surface area contributed by atoms with Crippen LogP contribution in [0, 0.1) is 5.92 Å². The standard InChI is InChI=1S/C17H29N3/c1-3-12-20-13-4-5-17(14-20)15(2)19-11-8-16-6-9-18-10-7-16/h6-7,9-10,15,17,19H,3-5,8,11-14H2,1-2H3. The monoisotopic (exact) mass is 275 g/mol. The molecule has 2 heterocycles. The summed E-state index contributed by atoms with van der Waals surface area (Å²) in [4.78, 5) is 6.70. The van der Waals surface area contributed by atoms with E-state index in [4.69, 9.17) is 0 Å². The number of aromatic nitrogens is 1. The van der Waals surface area contributed by atoms with Crippen LogP contribution in [0.2, 0.25) is 0 Å². The molecule has 2 unspecified atom stereocenters. The zero-order chi connectivity index (χ0) is 14.2. The average molecular weight is 275 g/mol. The summed E-state index contributed by atoms with van der Waals surface area (Å²) in [5.74, 6) is 0.813. The Kier molecular flexibility index (Phi) is 6.48. The Hall–Kier alpha value is -0.930. The SMILES string of the molecule is CCCN1CCCC(C(C)NCCc2ccncc2)C1. The molecule has 20 heavy (non-hydrogen) atoms. The zero-order valence-electron chi connectivity index (χ0n) is 13.0. The number of rotatable bonds is 7. The molecule has 112 valence electrons. The molecule has 0 spiro atoms. The van der Waals surface area contributed by atoms with Crippen molar-refractivity contribution in [2.45, 2.75) is 45.6 Å². The van der Waals surface area contributed by atoms with Gasteiger partial charge in [-0.05, 0) is 75.9 Å². The van der Waals surface area contributed by atoms with Crippen LogP contribution < -0.4 is 5.32 Å². The van der Waals surface area contributed by atoms with Gasteiger partial charge in [-0.15, -0.1) is 0 Å². The Morgan fingerprint density at radius 2 is 2.20 bits per heavy atom. The van der Waals surface area contributed by atoms with Crippen molar-refractivity contribution in [3.8, 4) is 0 Å². The molecule has 0 aliphatic carbocycles. The molecule has 3 nitrogen and oxygen atoms in total. The fraction of sp³-hybridized carbons (Fsp3) is 0.706. The summed E-state index contributed by atoms with van der Waals surface area (Å²) in [7, 11) is 0. The highest BCUT2D eigenvalue weighted by Gasteiger charge is 2.23. The summed E-state index contributed by atoms with van der Waals surface area (Å²) in [6.45, 7) is 9.54. The summed E-state index contributed by atoms with van der Waals surface area (Å²) in [5.41, 5.74) is 1.37. The minimum atomic E-state index is 0.622. The lowest BCUT2D eigenvalue weighted by Crippen LogP contribution is -2.45. The normalized spacial score (nSPS) is 21.8. The van der Waals surface area contributed by atoms with Gasteiger partial charge in [0.05, 0.1) is 0 Å². The van der Waals surface area contributed by atoms with Gasteiger partial charge in [0.1, 0.15) is 0 Å². The minimum Gasteiger partial charge on any atom is -0.314 e. The van der Waals surface area contributed by atoms with E-state index in [-0.39, 0.29) is 0 Å². The third kappa shape index (κ3) is 4.88. The topological polar surface area (TPSA) is 28.2 Å². The Bertz CT molecular complexity index is 364. The van der Waals surface area contributed by atoms with Gasteiger partial charge in [0.25, 0.3) is 0 Å². The zero-order valence-corrected chi connectivity index (χ0v) is 13.0. The molecule has 1 fully saturated rings. The number of nitrogens with zero attached hydrogens (tertiary/aromatic N) is 2. The molecule has 1 N–H and O–H groups in total. The van der Waals surface area contributed by atoms with E-state index in [0.717, 1.165) is 18.9 Å². The maximum atomic E-state index is 4.06. The van der Waals surface area contributed by atoms with Gasteiger partial charge in [0.15, 0.2) is 0 Å². The van der Waals surface area contributed by atoms with E-state index in [0.29, 0.717) is 6.04 Å². The quantitative estimate of drug-likeness (QED) is 0.829. The van der Waals surface area contributed by atoms with E-state index in [1.165, 1.54) is 44.5 Å². The smallest absolute Gasteiger partial charge is 0.0270 e. The molecular weight excluding hydrogens is 246 g/mol. The third-order valence-electron chi connectivity index (χ3n) is 4.42. The van der Waals surface area contributed by atoms with Crippen LogP contribution in [0.25, 0.3) is 0 Å². The highest BCUT2D eigenvalue weighted by Crippen LogP contribution is 2.19. The molecule has 1 aliphatic rings. The second-order valence-electron chi connectivity index (χ2n) is 6.05. The largest absolute Gasteiger partial charge is 0.314 e. The number of hydrogen-bond acceptors (Lipinski definition) is 3. The molecule has 1 aromatic heterocycles. The van der Waals surface area contributed by atoms with Crippen LogP contribution in [-0.2, 0) is 6.42 Å². The van der Waals surface area contributed by atoms with Gasteiger partial charge in [-0.25, -0.2) is 0 Å². The van der Waals surface area contributed by atoms with Crippen molar-refractivity contribution in [1.82, 2.24) is 15.2 Å². The first-order valence-corrected chi connectivity index (χ1v) is 8.14. The van der Waals surface area contributed by atoms with Gasteiger partial charge < -0.3 is 10.2 Å². The van der Waals surface area contributed by atoms with Crippen molar-refractivity contribution in [1.29, 1.82) is 0 Å². The number of likely N-dealkylation sites (tertiary alicyclic amines) is 1. The van der Waals surface area contributed by atoms with E-state index in [1.54, 1.807) is 0 Å². The lowest BCUT2D eigenvalue weighted by molar-refractivity contribution is 0.151. The van der Waals surface area contributed by atoms with Gasteiger partial charge in [0.2, 0.25) is 0 Å². The highest BCUT2D eigenvalue weighted by molar-refractivity contribution is 5.09. The van der Waals surface area contributed by atoms with Gasteiger partial charge in [-0.1, -0.05) is 6.92 Å². The average Bonchev–Trinajstić information content (AvgIpc) is 2.49. The van der Waals surface area contributed by atoms with Gasteiger partial charge in [-0.2, -0.15) is 0 Å². The fourth-order valence-electron chi connectivity index (χ4n) is 3.18. The minimum absolute atomic E-state index is 0.622. The van der Waals surface area contributed by atoms with Gasteiger partial charge in [0, 0.05) is 25.0 Å². The van der Waals surface area contributed by atoms with Crippen molar-refractivity contribution < 1.29 is 0 Å². The van der Waals surface area contributed by atoms with Crippen molar-refractivity contribution in [2.75, 3.05) is 26.2 Å². The first kappa shape index (κ1) is 15.5. The Morgan fingerprint density at radius 1 is 1.40 bits per heavy atom. The van der Waals surface area contributed by atoms with Crippen LogP contribution in [0.3, 0.4) is 0 Å². The second kappa shape index (κ2) is 8.38. The predicted molar refractivity (Wildman–Crippen MR) is 84.9 cm³/mol.